The van der Waals surface area contributed by atoms with Crippen LogP contribution in [-0.4, -0.2) is 0 Å². The van der Waals surface area contributed by atoms with Gasteiger partial charge in [-0.1, -0.05) is 46.3 Å². The highest BCUT2D eigenvalue weighted by atomic mass is 14.1. The molecular weight excluding hydrogens is 144 g/mol. The molecule has 0 atom stereocenters. The highest BCUT2D eigenvalue weighted by molar-refractivity contribution is 4.91. The second kappa shape index (κ2) is 5.40. The summed E-state index contributed by atoms with van der Waals surface area (Å²) in [4.78, 5) is 0. The van der Waals surface area contributed by atoms with Gasteiger partial charge in [-0.3, -0.25) is 0 Å². The Morgan fingerprint density at radius 3 is 2.17 bits per heavy atom. The molecule has 0 saturated heterocycles. The van der Waals surface area contributed by atoms with Crippen molar-refractivity contribution in [3.8, 4) is 0 Å². The van der Waals surface area contributed by atoms with Crippen molar-refractivity contribution in [3.63, 3.8) is 0 Å². The number of hydrogen-bond donors (Lipinski definition) is 0. The van der Waals surface area contributed by atoms with Gasteiger partial charge in [-0.05, 0) is 31.1 Å². The third-order valence-electron chi connectivity index (χ3n) is 2.21. The Morgan fingerprint density at radius 2 is 1.75 bits per heavy atom. The van der Waals surface area contributed by atoms with Gasteiger partial charge in [0.2, 0.25) is 0 Å². The highest BCUT2D eigenvalue weighted by Gasteiger charge is 2.08. The van der Waals surface area contributed by atoms with Gasteiger partial charge >= 0.3 is 0 Å². The van der Waals surface area contributed by atoms with Crippen LogP contribution in [0.2, 0.25) is 0 Å². The summed E-state index contributed by atoms with van der Waals surface area (Å²) in [6.45, 7) is 13.1. The van der Waals surface area contributed by atoms with E-state index in [2.05, 4.69) is 34.3 Å². The Morgan fingerprint density at radius 1 is 1.17 bits per heavy atom. The molecule has 0 aliphatic carbocycles. The van der Waals surface area contributed by atoms with E-state index < -0.39 is 0 Å². The van der Waals surface area contributed by atoms with Gasteiger partial charge in [-0.15, -0.1) is 0 Å². The molecule has 0 spiro atoms. The van der Waals surface area contributed by atoms with Gasteiger partial charge in [0.05, 0.1) is 0 Å². The second-order valence-electron chi connectivity index (χ2n) is 4.87. The van der Waals surface area contributed by atoms with Crippen LogP contribution in [0.25, 0.3) is 0 Å². The van der Waals surface area contributed by atoms with Crippen molar-refractivity contribution in [2.45, 2.75) is 59.8 Å². The molecule has 0 heteroatoms. The van der Waals surface area contributed by atoms with Crippen LogP contribution >= 0.6 is 0 Å². The average Bonchev–Trinajstić information content (AvgIpc) is 1.96. The van der Waals surface area contributed by atoms with Crippen LogP contribution in [0, 0.1) is 5.41 Å². The smallest absolute Gasteiger partial charge is 0.0323 e. The first-order chi connectivity index (χ1) is 5.45. The molecule has 0 aromatic heterocycles. The third kappa shape index (κ3) is 7.84. The molecule has 12 heavy (non-hydrogen) atoms. The Balaban J connectivity index is 3.28. The van der Waals surface area contributed by atoms with Crippen molar-refractivity contribution in [2.24, 2.45) is 5.41 Å². The fraction of sp³-hybridized carbons (Fsp3) is 0.833. The molecule has 0 radical (unpaired) electrons. The molecule has 0 heterocycles. The highest BCUT2D eigenvalue weighted by Crippen LogP contribution is 2.22. The number of rotatable bonds is 5. The predicted octanol–water partition coefficient (Wildman–Crippen LogP) is 4.56. The summed E-state index contributed by atoms with van der Waals surface area (Å²) in [5, 5.41) is 0. The van der Waals surface area contributed by atoms with Crippen molar-refractivity contribution in [1.29, 1.82) is 0 Å². The normalized spacial score (nSPS) is 11.7. The summed E-state index contributed by atoms with van der Waals surface area (Å²) in [6.07, 6.45) is 6.39. The van der Waals surface area contributed by atoms with Crippen LogP contribution in [-0.2, 0) is 0 Å². The van der Waals surface area contributed by atoms with Crippen LogP contribution in [0.5, 0.6) is 0 Å². The topological polar surface area (TPSA) is 0 Å². The zero-order chi connectivity index (χ0) is 9.61. The molecule has 0 N–H and O–H groups in total. The molecule has 0 aromatic carbocycles. The average molecular weight is 168 g/mol. The van der Waals surface area contributed by atoms with Gasteiger partial charge in [-0.25, -0.2) is 0 Å². The lowest BCUT2D eigenvalue weighted by atomic mass is 9.89. The van der Waals surface area contributed by atoms with E-state index in [-0.39, 0.29) is 0 Å². The maximum absolute atomic E-state index is 4.01. The van der Waals surface area contributed by atoms with Gasteiger partial charge in [0.1, 0.15) is 0 Å². The lowest BCUT2D eigenvalue weighted by Crippen LogP contribution is -2.03. The van der Waals surface area contributed by atoms with Gasteiger partial charge < -0.3 is 0 Å². The molecule has 0 aliphatic heterocycles. The summed E-state index contributed by atoms with van der Waals surface area (Å²) >= 11 is 0. The van der Waals surface area contributed by atoms with Crippen molar-refractivity contribution < 1.29 is 0 Å². The fourth-order valence-electron chi connectivity index (χ4n) is 1.21. The first kappa shape index (κ1) is 11.7. The van der Waals surface area contributed by atoms with Crippen LogP contribution in [0.3, 0.4) is 0 Å². The monoisotopic (exact) mass is 168 g/mol. The molecule has 0 unspecified atom stereocenters. The van der Waals surface area contributed by atoms with Crippen LogP contribution in [0.15, 0.2) is 12.2 Å². The first-order valence-electron chi connectivity index (χ1n) is 5.12. The maximum atomic E-state index is 4.01. The number of hydrogen-bond acceptors (Lipinski definition) is 0. The summed E-state index contributed by atoms with van der Waals surface area (Å²) in [5.74, 6) is 0. The number of allylic oxidation sites excluding steroid dienone is 1. The third-order valence-corrected chi connectivity index (χ3v) is 2.21. The van der Waals surface area contributed by atoms with E-state index in [1.807, 2.05) is 0 Å². The molecule has 0 amide bonds. The van der Waals surface area contributed by atoms with Crippen molar-refractivity contribution in [3.05, 3.63) is 12.2 Å². The standard InChI is InChI=1S/C12H24/c1-6-11(2)9-7-8-10-12(3,4)5/h2,6-10H2,1,3-5H3. The van der Waals surface area contributed by atoms with E-state index in [4.69, 9.17) is 0 Å². The Bertz CT molecular complexity index is 125. The molecule has 0 fully saturated rings. The lowest BCUT2D eigenvalue weighted by molar-refractivity contribution is 0.360. The molecule has 0 aromatic rings. The molecule has 0 nitrogen and oxygen atoms in total. The second-order valence-corrected chi connectivity index (χ2v) is 4.87. The molecule has 0 aliphatic rings. The Kier molecular flexibility index (Phi) is 5.28. The fourth-order valence-corrected chi connectivity index (χ4v) is 1.21. The van der Waals surface area contributed by atoms with Crippen molar-refractivity contribution in [1.82, 2.24) is 0 Å². The minimum atomic E-state index is 0.507. The summed E-state index contributed by atoms with van der Waals surface area (Å²) in [5.41, 5.74) is 1.91. The minimum Gasteiger partial charge on any atom is -0.0999 e. The van der Waals surface area contributed by atoms with Gasteiger partial charge in [0.25, 0.3) is 0 Å². The van der Waals surface area contributed by atoms with Crippen LogP contribution in [0.1, 0.15) is 59.8 Å². The molecule has 72 valence electrons. The van der Waals surface area contributed by atoms with E-state index >= 15 is 0 Å². The quantitative estimate of drug-likeness (QED) is 0.417. The molecule has 0 saturated carbocycles. The van der Waals surface area contributed by atoms with Crippen molar-refractivity contribution in [2.75, 3.05) is 0 Å². The minimum absolute atomic E-state index is 0.507. The van der Waals surface area contributed by atoms with Crippen LogP contribution < -0.4 is 0 Å². The van der Waals surface area contributed by atoms with Gasteiger partial charge in [0, 0.05) is 0 Å². The Hall–Kier alpha value is -0.260. The SMILES string of the molecule is C=C(CC)CCCCC(C)(C)C. The Labute approximate surface area is 78.1 Å². The zero-order valence-corrected chi connectivity index (χ0v) is 9.24. The maximum Gasteiger partial charge on any atom is -0.0323 e. The zero-order valence-electron chi connectivity index (χ0n) is 9.24. The van der Waals surface area contributed by atoms with E-state index in [1.54, 1.807) is 0 Å². The summed E-state index contributed by atoms with van der Waals surface area (Å²) in [6, 6.07) is 0. The summed E-state index contributed by atoms with van der Waals surface area (Å²) < 4.78 is 0. The van der Waals surface area contributed by atoms with E-state index in [9.17, 15) is 0 Å². The number of unbranched alkanes of at least 4 members (excludes halogenated alkanes) is 1. The predicted molar refractivity (Wildman–Crippen MR) is 57.4 cm³/mol. The summed E-state index contributed by atoms with van der Waals surface area (Å²) in [7, 11) is 0. The first-order valence-corrected chi connectivity index (χ1v) is 5.12. The molecule has 0 bridgehead atoms. The van der Waals surface area contributed by atoms with E-state index in [0.29, 0.717) is 5.41 Å². The molecular formula is C12H24. The van der Waals surface area contributed by atoms with Gasteiger partial charge in [-0.2, -0.15) is 0 Å². The van der Waals surface area contributed by atoms with E-state index in [0.717, 1.165) is 6.42 Å². The van der Waals surface area contributed by atoms with E-state index in [1.165, 1.54) is 31.3 Å². The largest absolute Gasteiger partial charge is 0.0999 e. The van der Waals surface area contributed by atoms with Gasteiger partial charge in [0.15, 0.2) is 0 Å². The lowest BCUT2D eigenvalue weighted by Gasteiger charge is -2.17. The van der Waals surface area contributed by atoms with Crippen molar-refractivity contribution >= 4 is 0 Å². The molecule has 0 rings (SSSR count). The van der Waals surface area contributed by atoms with Crippen LogP contribution in [0.4, 0.5) is 0 Å².